The summed E-state index contributed by atoms with van der Waals surface area (Å²) in [5.74, 6) is -0.679. The van der Waals surface area contributed by atoms with Gasteiger partial charge in [0.05, 0.1) is 18.6 Å². The molecule has 1 saturated carbocycles. The van der Waals surface area contributed by atoms with E-state index in [4.69, 9.17) is 13.9 Å². The number of rotatable bonds is 2. The smallest absolute Gasteiger partial charge is 0.199 e. The van der Waals surface area contributed by atoms with Crippen LogP contribution in [0.15, 0.2) is 34.7 Å². The van der Waals surface area contributed by atoms with Crippen molar-refractivity contribution in [2.45, 2.75) is 57.0 Å². The van der Waals surface area contributed by atoms with Gasteiger partial charge in [0.2, 0.25) is 0 Å². The van der Waals surface area contributed by atoms with E-state index in [9.17, 15) is 9.90 Å². The third-order valence-electron chi connectivity index (χ3n) is 6.62. The van der Waals surface area contributed by atoms with Gasteiger partial charge in [-0.15, -0.1) is 0 Å². The molecule has 1 aromatic heterocycles. The normalized spacial score (nSPS) is 44.8. The predicted octanol–water partition coefficient (Wildman–Crippen LogP) is 2.93. The maximum Gasteiger partial charge on any atom is 0.199 e. The number of methoxy groups -OCH3 is 1. The van der Waals surface area contributed by atoms with Crippen LogP contribution >= 0.6 is 0 Å². The number of ether oxygens (including phenoxy) is 2. The van der Waals surface area contributed by atoms with Crippen molar-refractivity contribution in [2.24, 2.45) is 11.3 Å². The molecule has 3 aliphatic rings. The minimum Gasteiger partial charge on any atom is -0.472 e. The molecule has 1 spiro atoms. The Hall–Kier alpha value is -1.43. The third-order valence-corrected chi connectivity index (χ3v) is 6.62. The number of aliphatic hydroxyl groups excluding tert-OH is 1. The number of carbonyl (C=O) groups is 1. The number of hydrogen-bond acceptors (Lipinski definition) is 5. The van der Waals surface area contributed by atoms with Gasteiger partial charge in [-0.1, -0.05) is 13.8 Å². The lowest BCUT2D eigenvalue weighted by molar-refractivity contribution is -0.248. The molecule has 0 amide bonds. The van der Waals surface area contributed by atoms with E-state index in [1.807, 2.05) is 6.07 Å². The van der Waals surface area contributed by atoms with E-state index < -0.39 is 17.5 Å². The standard InChI is InChI=1S/C19H24O5/c1-12-8-16(21)15-9-14(20)4-6-18(15)17(12,2)11-19(22-3,24-18)13-5-7-23-10-13/h5,7,9-10,12,14,20H,4,6,8,11H2,1-3H3/t12-,14-,17+,18-,19-/m1/s1. The average molecular weight is 332 g/mol. The quantitative estimate of drug-likeness (QED) is 0.902. The second kappa shape index (κ2) is 5.04. The van der Waals surface area contributed by atoms with Crippen LogP contribution in [0.4, 0.5) is 0 Å². The summed E-state index contributed by atoms with van der Waals surface area (Å²) in [7, 11) is 1.64. The van der Waals surface area contributed by atoms with Crippen LogP contribution in [0.2, 0.25) is 0 Å². The Balaban J connectivity index is 1.90. The molecule has 2 heterocycles. The van der Waals surface area contributed by atoms with Gasteiger partial charge in [0, 0.05) is 36.5 Å². The molecule has 0 radical (unpaired) electrons. The largest absolute Gasteiger partial charge is 0.472 e. The SMILES string of the molecule is CO[C@]1(c2ccoc2)C[C@@]2(C)[C@H](C)CC(=O)C3=C[C@H](O)CC[C@@]32O1. The summed E-state index contributed by atoms with van der Waals surface area (Å²) in [4.78, 5) is 12.7. The van der Waals surface area contributed by atoms with Gasteiger partial charge in [-0.05, 0) is 30.9 Å². The van der Waals surface area contributed by atoms with Crippen LogP contribution in [0.25, 0.3) is 0 Å². The highest BCUT2D eigenvalue weighted by Gasteiger charge is 2.70. The fourth-order valence-corrected chi connectivity index (χ4v) is 5.03. The molecule has 130 valence electrons. The number of aliphatic hydroxyl groups is 1. The Morgan fingerprint density at radius 3 is 2.88 bits per heavy atom. The maximum absolute atomic E-state index is 12.7. The fraction of sp³-hybridized carbons (Fsp3) is 0.632. The van der Waals surface area contributed by atoms with Gasteiger partial charge in [-0.3, -0.25) is 4.79 Å². The molecule has 4 rings (SSSR count). The molecule has 1 aliphatic heterocycles. The van der Waals surface area contributed by atoms with Gasteiger partial charge in [0.1, 0.15) is 5.60 Å². The molecule has 0 bridgehead atoms. The van der Waals surface area contributed by atoms with Gasteiger partial charge in [-0.2, -0.15) is 0 Å². The van der Waals surface area contributed by atoms with Gasteiger partial charge in [0.25, 0.3) is 0 Å². The molecule has 2 fully saturated rings. The minimum atomic E-state index is -0.929. The predicted molar refractivity (Wildman–Crippen MR) is 86.0 cm³/mol. The van der Waals surface area contributed by atoms with E-state index in [2.05, 4.69) is 13.8 Å². The molecule has 0 unspecified atom stereocenters. The van der Waals surface area contributed by atoms with Crippen molar-refractivity contribution in [3.63, 3.8) is 0 Å². The Morgan fingerprint density at radius 1 is 1.42 bits per heavy atom. The number of Topliss-reactive ketones (excluding diaryl/α,β-unsaturated/α-hetero) is 1. The highest BCUT2D eigenvalue weighted by atomic mass is 16.7. The average Bonchev–Trinajstić information content (AvgIpc) is 3.16. The topological polar surface area (TPSA) is 68.9 Å². The summed E-state index contributed by atoms with van der Waals surface area (Å²) >= 11 is 0. The lowest BCUT2D eigenvalue weighted by Gasteiger charge is -2.52. The highest BCUT2D eigenvalue weighted by molar-refractivity contribution is 5.99. The number of carbonyl (C=O) groups excluding carboxylic acids is 1. The second-order valence-electron chi connectivity index (χ2n) is 7.71. The van der Waals surface area contributed by atoms with Gasteiger partial charge in [-0.25, -0.2) is 0 Å². The van der Waals surface area contributed by atoms with E-state index in [-0.39, 0.29) is 17.1 Å². The zero-order valence-electron chi connectivity index (χ0n) is 14.4. The van der Waals surface area contributed by atoms with Crippen molar-refractivity contribution in [1.29, 1.82) is 0 Å². The van der Waals surface area contributed by atoms with Crippen LogP contribution in [0.5, 0.6) is 0 Å². The molecule has 1 saturated heterocycles. The van der Waals surface area contributed by atoms with Crippen LogP contribution in [-0.2, 0) is 20.1 Å². The Morgan fingerprint density at radius 2 is 2.21 bits per heavy atom. The van der Waals surface area contributed by atoms with Crippen molar-refractivity contribution in [3.8, 4) is 0 Å². The molecule has 24 heavy (non-hydrogen) atoms. The van der Waals surface area contributed by atoms with Gasteiger partial charge in [0.15, 0.2) is 11.6 Å². The minimum absolute atomic E-state index is 0.0813. The molecular formula is C19H24O5. The molecule has 5 atom stereocenters. The summed E-state index contributed by atoms with van der Waals surface area (Å²) in [6.07, 6.45) is 6.72. The van der Waals surface area contributed by atoms with Crippen molar-refractivity contribution < 1.29 is 23.8 Å². The fourth-order valence-electron chi connectivity index (χ4n) is 5.03. The molecular weight excluding hydrogens is 308 g/mol. The first-order valence-electron chi connectivity index (χ1n) is 8.58. The van der Waals surface area contributed by atoms with Crippen LogP contribution in [0, 0.1) is 11.3 Å². The van der Waals surface area contributed by atoms with Crippen LogP contribution < -0.4 is 0 Å². The first kappa shape index (κ1) is 16.1. The molecule has 2 aliphatic carbocycles. The van der Waals surface area contributed by atoms with E-state index in [1.54, 1.807) is 25.7 Å². The zero-order chi connectivity index (χ0) is 17.2. The first-order valence-corrected chi connectivity index (χ1v) is 8.58. The van der Waals surface area contributed by atoms with E-state index >= 15 is 0 Å². The maximum atomic E-state index is 12.7. The van der Waals surface area contributed by atoms with E-state index in [1.165, 1.54) is 0 Å². The second-order valence-corrected chi connectivity index (χ2v) is 7.71. The molecule has 5 nitrogen and oxygen atoms in total. The summed E-state index contributed by atoms with van der Waals surface area (Å²) in [6.45, 7) is 4.31. The van der Waals surface area contributed by atoms with Crippen molar-refractivity contribution in [3.05, 3.63) is 35.8 Å². The number of ketones is 1. The summed E-state index contributed by atoms with van der Waals surface area (Å²) in [5, 5.41) is 10.1. The first-order chi connectivity index (χ1) is 11.4. The Kier molecular flexibility index (Phi) is 3.37. The van der Waals surface area contributed by atoms with Gasteiger partial charge < -0.3 is 19.0 Å². The van der Waals surface area contributed by atoms with Crippen molar-refractivity contribution in [2.75, 3.05) is 7.11 Å². The highest BCUT2D eigenvalue weighted by Crippen LogP contribution is 2.66. The van der Waals surface area contributed by atoms with Crippen LogP contribution in [0.3, 0.4) is 0 Å². The monoisotopic (exact) mass is 332 g/mol. The molecule has 1 aromatic rings. The van der Waals surface area contributed by atoms with E-state index in [0.29, 0.717) is 31.3 Å². The molecule has 1 N–H and O–H groups in total. The molecule has 5 heteroatoms. The van der Waals surface area contributed by atoms with Crippen molar-refractivity contribution in [1.82, 2.24) is 0 Å². The van der Waals surface area contributed by atoms with Crippen molar-refractivity contribution >= 4 is 5.78 Å². The number of furan rings is 1. The van der Waals surface area contributed by atoms with Crippen LogP contribution in [-0.4, -0.2) is 29.7 Å². The molecule has 0 aromatic carbocycles. The van der Waals surface area contributed by atoms with Crippen LogP contribution in [0.1, 0.15) is 45.1 Å². The zero-order valence-corrected chi connectivity index (χ0v) is 14.4. The summed E-state index contributed by atoms with van der Waals surface area (Å²) in [5.41, 5.74) is 0.499. The lowest BCUT2D eigenvalue weighted by atomic mass is 9.53. The van der Waals surface area contributed by atoms with E-state index in [0.717, 1.165) is 5.56 Å². The summed E-state index contributed by atoms with van der Waals surface area (Å²) in [6, 6.07) is 1.86. The Bertz CT molecular complexity index is 693. The number of hydrogen-bond donors (Lipinski definition) is 1. The lowest BCUT2D eigenvalue weighted by Crippen LogP contribution is -2.56. The Labute approximate surface area is 141 Å². The van der Waals surface area contributed by atoms with Gasteiger partial charge >= 0.3 is 0 Å². The third kappa shape index (κ3) is 1.83. The summed E-state index contributed by atoms with van der Waals surface area (Å²) < 4.78 is 17.8.